The van der Waals surface area contributed by atoms with E-state index < -0.39 is 0 Å². The maximum absolute atomic E-state index is 6.15. The minimum atomic E-state index is -0.341. The smallest absolute Gasteiger partial charge is 0.399 e. The molecule has 1 aliphatic rings. The van der Waals surface area contributed by atoms with Crippen LogP contribution in [-0.2, 0) is 9.31 Å². The standard InChI is InChI=1S/C14H19BN2O2/c1-5-14(4)13(2,3)18-15(19-14)11-8-10-6-7-16-12(10)17-9-11/h6-9H,5H2,1-4H3,(H,16,17). The van der Waals surface area contributed by atoms with Crippen LogP contribution in [0.25, 0.3) is 11.0 Å². The molecule has 2 aromatic rings. The predicted molar refractivity (Wildman–Crippen MR) is 76.4 cm³/mol. The van der Waals surface area contributed by atoms with Crippen molar-refractivity contribution in [1.29, 1.82) is 0 Å². The number of H-pyrrole nitrogens is 1. The van der Waals surface area contributed by atoms with Crippen molar-refractivity contribution in [2.24, 2.45) is 0 Å². The number of pyridine rings is 1. The van der Waals surface area contributed by atoms with Crippen molar-refractivity contribution < 1.29 is 9.31 Å². The lowest BCUT2D eigenvalue weighted by Crippen LogP contribution is -2.44. The van der Waals surface area contributed by atoms with Gasteiger partial charge < -0.3 is 14.3 Å². The molecule has 0 amide bonds. The number of aromatic amines is 1. The normalized spacial score (nSPS) is 26.2. The summed E-state index contributed by atoms with van der Waals surface area (Å²) in [6, 6.07) is 4.08. The van der Waals surface area contributed by atoms with E-state index in [0.29, 0.717) is 0 Å². The van der Waals surface area contributed by atoms with Crippen LogP contribution < -0.4 is 5.46 Å². The summed E-state index contributed by atoms with van der Waals surface area (Å²) in [6.07, 6.45) is 4.62. The lowest BCUT2D eigenvalue weighted by atomic mass is 9.80. The van der Waals surface area contributed by atoms with Crippen LogP contribution in [0.1, 0.15) is 34.1 Å². The summed E-state index contributed by atoms with van der Waals surface area (Å²) in [5.41, 5.74) is 1.28. The monoisotopic (exact) mass is 258 g/mol. The third-order valence-corrected chi connectivity index (χ3v) is 4.41. The summed E-state index contributed by atoms with van der Waals surface area (Å²) in [4.78, 5) is 7.48. The number of nitrogens with zero attached hydrogens (tertiary/aromatic N) is 1. The zero-order valence-corrected chi connectivity index (χ0v) is 11.9. The van der Waals surface area contributed by atoms with Crippen molar-refractivity contribution in [1.82, 2.24) is 9.97 Å². The Kier molecular flexibility index (Phi) is 2.73. The van der Waals surface area contributed by atoms with Gasteiger partial charge in [-0.3, -0.25) is 0 Å². The molecule has 0 bridgehead atoms. The average molecular weight is 258 g/mol. The number of hydrogen-bond acceptors (Lipinski definition) is 3. The van der Waals surface area contributed by atoms with Gasteiger partial charge in [0.15, 0.2) is 0 Å². The van der Waals surface area contributed by atoms with Gasteiger partial charge in [0.05, 0.1) is 11.2 Å². The van der Waals surface area contributed by atoms with Gasteiger partial charge in [0.25, 0.3) is 0 Å². The maximum Gasteiger partial charge on any atom is 0.496 e. The highest BCUT2D eigenvalue weighted by atomic mass is 16.7. The molecule has 1 fully saturated rings. The minimum absolute atomic E-state index is 0.273. The average Bonchev–Trinajstić information content (AvgIpc) is 2.92. The van der Waals surface area contributed by atoms with E-state index in [-0.39, 0.29) is 18.3 Å². The van der Waals surface area contributed by atoms with Crippen LogP contribution in [0.15, 0.2) is 24.5 Å². The molecule has 1 atom stereocenters. The fourth-order valence-electron chi connectivity index (χ4n) is 2.53. The summed E-state index contributed by atoms with van der Waals surface area (Å²) >= 11 is 0. The third-order valence-electron chi connectivity index (χ3n) is 4.41. The molecule has 3 rings (SSSR count). The van der Waals surface area contributed by atoms with Gasteiger partial charge in [-0.05, 0) is 39.3 Å². The van der Waals surface area contributed by atoms with Crippen molar-refractivity contribution >= 4 is 23.6 Å². The fraction of sp³-hybridized carbons (Fsp3) is 0.500. The maximum atomic E-state index is 6.15. The summed E-state index contributed by atoms with van der Waals surface area (Å²) in [5.74, 6) is 0. The van der Waals surface area contributed by atoms with Gasteiger partial charge in [-0.1, -0.05) is 6.92 Å². The van der Waals surface area contributed by atoms with Gasteiger partial charge in [0.2, 0.25) is 0 Å². The Hall–Kier alpha value is -1.33. The molecule has 0 saturated carbocycles. The van der Waals surface area contributed by atoms with Crippen molar-refractivity contribution in [3.63, 3.8) is 0 Å². The topological polar surface area (TPSA) is 47.1 Å². The van der Waals surface area contributed by atoms with E-state index in [1.165, 1.54) is 0 Å². The first-order chi connectivity index (χ1) is 8.95. The Balaban J connectivity index is 1.95. The van der Waals surface area contributed by atoms with E-state index in [4.69, 9.17) is 9.31 Å². The number of nitrogens with one attached hydrogen (secondary N) is 1. The fourth-order valence-corrected chi connectivity index (χ4v) is 2.53. The Bertz CT molecular complexity index is 610. The molecule has 4 nitrogen and oxygen atoms in total. The quantitative estimate of drug-likeness (QED) is 0.840. The second-order valence-electron chi connectivity index (χ2n) is 5.85. The highest BCUT2D eigenvalue weighted by Crippen LogP contribution is 2.39. The molecule has 100 valence electrons. The number of hydrogen-bond donors (Lipinski definition) is 1. The molecule has 0 radical (unpaired) electrons. The first-order valence-corrected chi connectivity index (χ1v) is 6.74. The second kappa shape index (κ2) is 4.08. The number of rotatable bonds is 2. The summed E-state index contributed by atoms with van der Waals surface area (Å²) in [6.45, 7) is 8.40. The van der Waals surface area contributed by atoms with Crippen LogP contribution in [0.2, 0.25) is 0 Å². The molecule has 0 spiro atoms. The van der Waals surface area contributed by atoms with Crippen LogP contribution in [0.3, 0.4) is 0 Å². The van der Waals surface area contributed by atoms with Crippen LogP contribution in [0.4, 0.5) is 0 Å². The predicted octanol–water partition coefficient (Wildman–Crippen LogP) is 2.25. The Morgan fingerprint density at radius 1 is 1.32 bits per heavy atom. The summed E-state index contributed by atoms with van der Waals surface area (Å²) in [5, 5.41) is 1.08. The molecular formula is C14H19BN2O2. The number of aromatic nitrogens is 2. The van der Waals surface area contributed by atoms with Crippen molar-refractivity contribution in [2.45, 2.75) is 45.3 Å². The molecular weight excluding hydrogens is 239 g/mol. The van der Waals surface area contributed by atoms with Crippen molar-refractivity contribution in [3.05, 3.63) is 24.5 Å². The highest BCUT2D eigenvalue weighted by molar-refractivity contribution is 6.62. The second-order valence-corrected chi connectivity index (χ2v) is 5.85. The molecule has 1 unspecified atom stereocenters. The Morgan fingerprint density at radius 2 is 2.11 bits per heavy atom. The molecule has 3 heterocycles. The molecule has 2 aromatic heterocycles. The van der Waals surface area contributed by atoms with Gasteiger partial charge >= 0.3 is 7.12 Å². The summed E-state index contributed by atoms with van der Waals surface area (Å²) < 4.78 is 12.2. The van der Waals surface area contributed by atoms with Gasteiger partial charge in [0, 0.05) is 23.2 Å². The van der Waals surface area contributed by atoms with Crippen molar-refractivity contribution in [3.8, 4) is 0 Å². The minimum Gasteiger partial charge on any atom is -0.399 e. The molecule has 1 N–H and O–H groups in total. The first-order valence-electron chi connectivity index (χ1n) is 6.74. The third kappa shape index (κ3) is 1.88. The summed E-state index contributed by atoms with van der Waals surface area (Å²) in [7, 11) is -0.341. The highest BCUT2D eigenvalue weighted by Gasteiger charge is 2.53. The molecule has 1 aliphatic heterocycles. The van der Waals surface area contributed by atoms with Gasteiger partial charge in [0.1, 0.15) is 5.65 Å². The SMILES string of the molecule is CCC1(C)OB(c2cnc3[nH]ccc3c2)OC1(C)C. The Morgan fingerprint density at radius 3 is 2.79 bits per heavy atom. The first kappa shape index (κ1) is 12.7. The van der Waals surface area contributed by atoms with Crippen LogP contribution in [0, 0.1) is 0 Å². The van der Waals surface area contributed by atoms with Crippen LogP contribution in [-0.4, -0.2) is 28.3 Å². The van der Waals surface area contributed by atoms with Gasteiger partial charge in [-0.25, -0.2) is 4.98 Å². The van der Waals surface area contributed by atoms with Crippen molar-refractivity contribution in [2.75, 3.05) is 0 Å². The molecule has 1 saturated heterocycles. The molecule has 0 aliphatic carbocycles. The van der Waals surface area contributed by atoms with Gasteiger partial charge in [-0.15, -0.1) is 0 Å². The molecule has 19 heavy (non-hydrogen) atoms. The zero-order valence-electron chi connectivity index (χ0n) is 11.9. The zero-order chi connectivity index (χ0) is 13.7. The lowest BCUT2D eigenvalue weighted by molar-refractivity contribution is -0.0118. The van der Waals surface area contributed by atoms with E-state index >= 15 is 0 Å². The number of fused-ring (bicyclic) bond motifs is 1. The van der Waals surface area contributed by atoms with Gasteiger partial charge in [-0.2, -0.15) is 0 Å². The van der Waals surface area contributed by atoms with Crippen LogP contribution in [0.5, 0.6) is 0 Å². The largest absolute Gasteiger partial charge is 0.496 e. The van der Waals surface area contributed by atoms with Crippen LogP contribution >= 0.6 is 0 Å². The van der Waals surface area contributed by atoms with E-state index in [1.54, 1.807) is 0 Å². The Labute approximate surface area is 113 Å². The molecule has 5 heteroatoms. The van der Waals surface area contributed by atoms with E-state index in [0.717, 1.165) is 22.9 Å². The van der Waals surface area contributed by atoms with E-state index in [9.17, 15) is 0 Å². The van der Waals surface area contributed by atoms with E-state index in [1.807, 2.05) is 18.5 Å². The lowest BCUT2D eigenvalue weighted by Gasteiger charge is -2.35. The molecule has 0 aromatic carbocycles. The van der Waals surface area contributed by atoms with E-state index in [2.05, 4.69) is 43.7 Å².